The van der Waals surface area contributed by atoms with Crippen LogP contribution in [0.5, 0.6) is 0 Å². The molecule has 0 saturated carbocycles. The highest BCUT2D eigenvalue weighted by Gasteiger charge is 2.26. The van der Waals surface area contributed by atoms with Crippen molar-refractivity contribution in [3.8, 4) is 0 Å². The summed E-state index contributed by atoms with van der Waals surface area (Å²) in [4.78, 5) is 17.9. The van der Waals surface area contributed by atoms with E-state index in [9.17, 15) is 4.79 Å². The molecule has 2 rings (SSSR count). The van der Waals surface area contributed by atoms with E-state index in [1.54, 1.807) is 17.2 Å². The summed E-state index contributed by atoms with van der Waals surface area (Å²) in [5.74, 6) is -0.0333. The third kappa shape index (κ3) is 2.55. The number of amides is 1. The normalized spacial score (nSPS) is 17.5. The van der Waals surface area contributed by atoms with Crippen LogP contribution >= 0.6 is 27.5 Å². The van der Waals surface area contributed by atoms with Gasteiger partial charge in [0.25, 0.3) is 0 Å². The first-order chi connectivity index (χ1) is 7.68. The van der Waals surface area contributed by atoms with Crippen molar-refractivity contribution in [2.45, 2.75) is 18.2 Å². The number of likely N-dealkylation sites (tertiary alicyclic amines) is 1. The monoisotopic (exact) mass is 302 g/mol. The van der Waals surface area contributed by atoms with Crippen LogP contribution in [0.15, 0.2) is 22.8 Å². The van der Waals surface area contributed by atoms with Crippen molar-refractivity contribution in [2.75, 3.05) is 13.1 Å². The largest absolute Gasteiger partial charge is 0.341 e. The lowest BCUT2D eigenvalue weighted by molar-refractivity contribution is -0.129. The lowest BCUT2D eigenvalue weighted by Gasteiger charge is -2.18. The number of alkyl halides is 1. The fraction of sp³-hybridized carbons (Fsp3) is 0.455. The second-order valence-corrected chi connectivity index (χ2v) is 5.15. The van der Waals surface area contributed by atoms with Crippen molar-refractivity contribution in [3.63, 3.8) is 0 Å². The smallest absolute Gasteiger partial charge is 0.246 e. The molecule has 1 unspecified atom stereocenters. The van der Waals surface area contributed by atoms with Gasteiger partial charge in [0.05, 0.1) is 5.69 Å². The second-order valence-electron chi connectivity index (χ2n) is 3.80. The van der Waals surface area contributed by atoms with Gasteiger partial charge in [-0.1, -0.05) is 0 Å². The van der Waals surface area contributed by atoms with E-state index in [-0.39, 0.29) is 5.91 Å². The number of carbonyl (C=O) groups excluding carboxylic acids is 1. The number of hydrogen-bond acceptors (Lipinski definition) is 2. The van der Waals surface area contributed by atoms with E-state index < -0.39 is 5.38 Å². The molecular formula is C11H12BrClN2O. The average molecular weight is 304 g/mol. The van der Waals surface area contributed by atoms with Gasteiger partial charge in [0.1, 0.15) is 0 Å². The van der Waals surface area contributed by atoms with Crippen molar-refractivity contribution in [1.82, 2.24) is 9.88 Å². The lowest BCUT2D eigenvalue weighted by atomic mass is 10.2. The van der Waals surface area contributed by atoms with Gasteiger partial charge in [0.15, 0.2) is 5.38 Å². The molecule has 0 aliphatic carbocycles. The molecule has 0 aromatic carbocycles. The van der Waals surface area contributed by atoms with Gasteiger partial charge < -0.3 is 4.90 Å². The van der Waals surface area contributed by atoms with Gasteiger partial charge in [-0.25, -0.2) is 0 Å². The van der Waals surface area contributed by atoms with Crippen LogP contribution < -0.4 is 0 Å². The summed E-state index contributed by atoms with van der Waals surface area (Å²) in [6.45, 7) is 1.64. The number of rotatable bonds is 2. The molecule has 1 aliphatic rings. The molecule has 1 aromatic heterocycles. The Morgan fingerprint density at radius 1 is 1.44 bits per heavy atom. The summed E-state index contributed by atoms with van der Waals surface area (Å²) in [7, 11) is 0. The van der Waals surface area contributed by atoms with Crippen LogP contribution in [-0.2, 0) is 4.79 Å². The molecule has 86 valence electrons. The summed E-state index contributed by atoms with van der Waals surface area (Å²) < 4.78 is 0.883. The Morgan fingerprint density at radius 3 is 2.69 bits per heavy atom. The molecule has 1 amide bonds. The minimum Gasteiger partial charge on any atom is -0.341 e. The number of aromatic nitrogens is 1. The summed E-state index contributed by atoms with van der Waals surface area (Å²) in [5, 5.41) is -0.661. The standard InChI is InChI=1S/C11H12BrClN2O/c12-8-3-4-9(14-7-8)10(13)11(16)15-5-1-2-6-15/h3-4,7,10H,1-2,5-6H2. The van der Waals surface area contributed by atoms with Crippen LogP contribution in [0.3, 0.4) is 0 Å². The fourth-order valence-electron chi connectivity index (χ4n) is 1.76. The Hall–Kier alpha value is -0.610. The third-order valence-electron chi connectivity index (χ3n) is 2.64. The molecule has 16 heavy (non-hydrogen) atoms. The van der Waals surface area contributed by atoms with E-state index in [1.807, 2.05) is 6.07 Å². The van der Waals surface area contributed by atoms with Gasteiger partial charge in [0.2, 0.25) is 5.91 Å². The Morgan fingerprint density at radius 2 is 2.12 bits per heavy atom. The molecule has 3 nitrogen and oxygen atoms in total. The Balaban J connectivity index is 2.08. The van der Waals surface area contributed by atoms with Crippen LogP contribution in [-0.4, -0.2) is 28.9 Å². The molecule has 1 aliphatic heterocycles. The van der Waals surface area contributed by atoms with Crippen molar-refractivity contribution in [2.24, 2.45) is 0 Å². The highest BCUT2D eigenvalue weighted by Crippen LogP contribution is 2.24. The summed E-state index contributed by atoms with van der Waals surface area (Å²) in [6, 6.07) is 3.62. The van der Waals surface area contributed by atoms with Crippen molar-refractivity contribution in [3.05, 3.63) is 28.5 Å². The van der Waals surface area contributed by atoms with E-state index in [0.29, 0.717) is 5.69 Å². The molecular weight excluding hydrogens is 291 g/mol. The second kappa shape index (κ2) is 5.15. The maximum absolute atomic E-state index is 12.0. The maximum Gasteiger partial charge on any atom is 0.246 e. The Bertz CT molecular complexity index is 376. The van der Waals surface area contributed by atoms with Gasteiger partial charge in [-0.05, 0) is 40.9 Å². The lowest BCUT2D eigenvalue weighted by Crippen LogP contribution is -2.30. The number of carbonyl (C=O) groups is 1. The number of pyridine rings is 1. The zero-order valence-corrected chi connectivity index (χ0v) is 11.0. The Kier molecular flexibility index (Phi) is 3.82. The molecule has 1 fully saturated rings. The van der Waals surface area contributed by atoms with Gasteiger partial charge in [-0.3, -0.25) is 9.78 Å². The summed E-state index contributed by atoms with van der Waals surface area (Å²) in [5.41, 5.74) is 0.613. The summed E-state index contributed by atoms with van der Waals surface area (Å²) >= 11 is 9.42. The van der Waals surface area contributed by atoms with E-state index in [0.717, 1.165) is 30.4 Å². The zero-order chi connectivity index (χ0) is 11.5. The van der Waals surface area contributed by atoms with Gasteiger partial charge in [0, 0.05) is 23.8 Å². The first-order valence-corrected chi connectivity index (χ1v) is 6.46. The minimum absolute atomic E-state index is 0.0333. The van der Waals surface area contributed by atoms with Crippen LogP contribution in [0.1, 0.15) is 23.9 Å². The quantitative estimate of drug-likeness (QED) is 0.787. The molecule has 5 heteroatoms. The zero-order valence-electron chi connectivity index (χ0n) is 8.70. The first-order valence-electron chi connectivity index (χ1n) is 5.23. The summed E-state index contributed by atoms with van der Waals surface area (Å²) in [6.07, 6.45) is 3.80. The molecule has 1 aromatic rings. The van der Waals surface area contributed by atoms with Gasteiger partial charge >= 0.3 is 0 Å². The number of nitrogens with zero attached hydrogens (tertiary/aromatic N) is 2. The highest BCUT2D eigenvalue weighted by atomic mass is 79.9. The third-order valence-corrected chi connectivity index (χ3v) is 3.52. The average Bonchev–Trinajstić information content (AvgIpc) is 2.81. The van der Waals surface area contributed by atoms with Crippen molar-refractivity contribution < 1.29 is 4.79 Å². The predicted molar refractivity (Wildman–Crippen MR) is 66.3 cm³/mol. The number of halogens is 2. The Labute approximate surface area is 108 Å². The minimum atomic E-state index is -0.661. The van der Waals surface area contributed by atoms with Crippen molar-refractivity contribution in [1.29, 1.82) is 0 Å². The molecule has 0 N–H and O–H groups in total. The van der Waals surface area contributed by atoms with Crippen LogP contribution in [0.4, 0.5) is 0 Å². The topological polar surface area (TPSA) is 33.2 Å². The number of hydrogen-bond donors (Lipinski definition) is 0. The van der Waals surface area contributed by atoms with Gasteiger partial charge in [-0.2, -0.15) is 0 Å². The molecule has 2 heterocycles. The molecule has 0 radical (unpaired) electrons. The SMILES string of the molecule is O=C(C(Cl)c1ccc(Br)cn1)N1CCCC1. The highest BCUT2D eigenvalue weighted by molar-refractivity contribution is 9.10. The van der Waals surface area contributed by atoms with Crippen LogP contribution in [0.2, 0.25) is 0 Å². The maximum atomic E-state index is 12.0. The molecule has 1 atom stereocenters. The fourth-order valence-corrected chi connectivity index (χ4v) is 2.26. The predicted octanol–water partition coefficient (Wildman–Crippen LogP) is 2.75. The molecule has 0 bridgehead atoms. The van der Waals surface area contributed by atoms with E-state index in [4.69, 9.17) is 11.6 Å². The van der Waals surface area contributed by atoms with Crippen LogP contribution in [0, 0.1) is 0 Å². The first kappa shape index (κ1) is 11.9. The van der Waals surface area contributed by atoms with Crippen molar-refractivity contribution >= 4 is 33.4 Å². The molecule has 1 saturated heterocycles. The molecule has 0 spiro atoms. The van der Waals surface area contributed by atoms with E-state index in [2.05, 4.69) is 20.9 Å². The van der Waals surface area contributed by atoms with E-state index in [1.165, 1.54) is 0 Å². The van der Waals surface area contributed by atoms with Crippen LogP contribution in [0.25, 0.3) is 0 Å². The van der Waals surface area contributed by atoms with E-state index >= 15 is 0 Å². The van der Waals surface area contributed by atoms with Gasteiger partial charge in [-0.15, -0.1) is 11.6 Å².